The number of hydrogen-bond donors (Lipinski definition) is 3. The summed E-state index contributed by atoms with van der Waals surface area (Å²) in [5, 5.41) is 15.2. The Labute approximate surface area is 117 Å². The Morgan fingerprint density at radius 3 is 2.58 bits per heavy atom. The van der Waals surface area contributed by atoms with Crippen LogP contribution < -0.4 is 11.1 Å². The molecule has 0 fully saturated rings. The summed E-state index contributed by atoms with van der Waals surface area (Å²) >= 11 is 5.85. The first-order chi connectivity index (χ1) is 8.99. The average molecular weight is 284 g/mol. The SMILES string of the molecule is CCC(CC)(NC(=O)c1cccc(Cl)c1)/C(N)=N/O. The highest BCUT2D eigenvalue weighted by molar-refractivity contribution is 6.31. The van der Waals surface area contributed by atoms with Crippen LogP contribution in [0.5, 0.6) is 0 Å². The van der Waals surface area contributed by atoms with Crippen LogP contribution in [0, 0.1) is 0 Å². The molecular weight excluding hydrogens is 266 g/mol. The van der Waals surface area contributed by atoms with Crippen LogP contribution in [0.1, 0.15) is 37.0 Å². The molecule has 0 unspecified atom stereocenters. The molecule has 0 aromatic heterocycles. The number of oxime groups is 1. The summed E-state index contributed by atoms with van der Waals surface area (Å²) in [6.07, 6.45) is 1.04. The monoisotopic (exact) mass is 283 g/mol. The van der Waals surface area contributed by atoms with Gasteiger partial charge in [0.05, 0.1) is 0 Å². The number of nitrogens with zero attached hydrogens (tertiary/aromatic N) is 1. The highest BCUT2D eigenvalue weighted by Crippen LogP contribution is 2.18. The van der Waals surface area contributed by atoms with E-state index in [0.29, 0.717) is 23.4 Å². The lowest BCUT2D eigenvalue weighted by Crippen LogP contribution is -2.56. The van der Waals surface area contributed by atoms with Crippen molar-refractivity contribution in [3.8, 4) is 0 Å². The second kappa shape index (κ2) is 6.43. The van der Waals surface area contributed by atoms with E-state index in [4.69, 9.17) is 22.5 Å². The fourth-order valence-electron chi connectivity index (χ4n) is 1.87. The summed E-state index contributed by atoms with van der Waals surface area (Å²) in [6, 6.07) is 6.61. The van der Waals surface area contributed by atoms with E-state index in [0.717, 1.165) is 0 Å². The molecule has 1 amide bonds. The number of carbonyl (C=O) groups excluding carboxylic acids is 1. The number of carbonyl (C=O) groups is 1. The van der Waals surface area contributed by atoms with Crippen molar-refractivity contribution in [3.63, 3.8) is 0 Å². The normalized spacial score (nSPS) is 12.3. The molecule has 0 aliphatic rings. The van der Waals surface area contributed by atoms with Gasteiger partial charge in [0.25, 0.3) is 5.91 Å². The van der Waals surface area contributed by atoms with Gasteiger partial charge in [-0.2, -0.15) is 0 Å². The smallest absolute Gasteiger partial charge is 0.252 e. The molecule has 1 aromatic rings. The standard InChI is InChI=1S/C13H18ClN3O2/c1-3-13(4-2,12(15)17-19)16-11(18)9-6-5-7-10(14)8-9/h5-8,19H,3-4H2,1-2H3,(H2,15,17)(H,16,18). The summed E-state index contributed by atoms with van der Waals surface area (Å²) in [7, 11) is 0. The lowest BCUT2D eigenvalue weighted by Gasteiger charge is -2.31. The topological polar surface area (TPSA) is 87.7 Å². The summed E-state index contributed by atoms with van der Waals surface area (Å²) in [5.41, 5.74) is 5.27. The van der Waals surface area contributed by atoms with Crippen molar-refractivity contribution in [3.05, 3.63) is 34.9 Å². The van der Waals surface area contributed by atoms with Gasteiger partial charge in [0, 0.05) is 10.6 Å². The highest BCUT2D eigenvalue weighted by atomic mass is 35.5. The van der Waals surface area contributed by atoms with Crippen LogP contribution in [0.15, 0.2) is 29.4 Å². The van der Waals surface area contributed by atoms with Gasteiger partial charge in [-0.15, -0.1) is 0 Å². The van der Waals surface area contributed by atoms with E-state index in [9.17, 15) is 4.79 Å². The number of nitrogens with one attached hydrogen (secondary N) is 1. The fourth-order valence-corrected chi connectivity index (χ4v) is 2.06. The molecule has 0 aliphatic carbocycles. The van der Waals surface area contributed by atoms with E-state index in [1.165, 1.54) is 0 Å². The molecule has 0 bridgehead atoms. The summed E-state index contributed by atoms with van der Waals surface area (Å²) < 4.78 is 0. The van der Waals surface area contributed by atoms with E-state index in [1.807, 2.05) is 13.8 Å². The predicted molar refractivity (Wildman–Crippen MR) is 75.6 cm³/mol. The molecule has 1 rings (SSSR count). The van der Waals surface area contributed by atoms with Crippen molar-refractivity contribution >= 4 is 23.3 Å². The molecule has 0 aliphatic heterocycles. The van der Waals surface area contributed by atoms with E-state index < -0.39 is 5.54 Å². The quantitative estimate of drug-likeness (QED) is 0.335. The molecule has 0 atom stereocenters. The van der Waals surface area contributed by atoms with Gasteiger partial charge < -0.3 is 16.3 Å². The molecule has 6 heteroatoms. The largest absolute Gasteiger partial charge is 0.409 e. The number of amides is 1. The van der Waals surface area contributed by atoms with E-state index in [1.54, 1.807) is 24.3 Å². The van der Waals surface area contributed by atoms with E-state index in [-0.39, 0.29) is 11.7 Å². The molecule has 104 valence electrons. The van der Waals surface area contributed by atoms with Gasteiger partial charge in [0.2, 0.25) is 0 Å². The minimum absolute atomic E-state index is 0.00659. The summed E-state index contributed by atoms with van der Waals surface area (Å²) in [5.74, 6) is -0.314. The minimum atomic E-state index is -0.853. The van der Waals surface area contributed by atoms with Gasteiger partial charge in [-0.05, 0) is 31.0 Å². The third-order valence-corrected chi connectivity index (χ3v) is 3.48. The van der Waals surface area contributed by atoms with E-state index in [2.05, 4.69) is 10.5 Å². The Morgan fingerprint density at radius 1 is 1.47 bits per heavy atom. The van der Waals surface area contributed by atoms with Gasteiger partial charge in [-0.1, -0.05) is 36.7 Å². The zero-order valence-corrected chi connectivity index (χ0v) is 11.7. The first-order valence-corrected chi connectivity index (χ1v) is 6.43. The third-order valence-electron chi connectivity index (χ3n) is 3.24. The Hall–Kier alpha value is -1.75. The molecule has 1 aromatic carbocycles. The van der Waals surface area contributed by atoms with Crippen molar-refractivity contribution in [2.75, 3.05) is 0 Å². The number of hydrogen-bond acceptors (Lipinski definition) is 3. The van der Waals surface area contributed by atoms with Crippen LogP contribution in [-0.4, -0.2) is 22.5 Å². The highest BCUT2D eigenvalue weighted by Gasteiger charge is 2.33. The lowest BCUT2D eigenvalue weighted by atomic mass is 9.91. The van der Waals surface area contributed by atoms with Crippen LogP contribution in [-0.2, 0) is 0 Å². The van der Waals surface area contributed by atoms with Crippen LogP contribution in [0.2, 0.25) is 5.02 Å². The van der Waals surface area contributed by atoms with Gasteiger partial charge >= 0.3 is 0 Å². The van der Waals surface area contributed by atoms with Crippen molar-refractivity contribution in [1.82, 2.24) is 5.32 Å². The first kappa shape index (κ1) is 15.3. The van der Waals surface area contributed by atoms with Crippen molar-refractivity contribution in [2.24, 2.45) is 10.9 Å². The third kappa shape index (κ3) is 3.38. The second-order valence-electron chi connectivity index (χ2n) is 4.24. The number of halogens is 1. The minimum Gasteiger partial charge on any atom is -0.409 e. The molecule has 19 heavy (non-hydrogen) atoms. The van der Waals surface area contributed by atoms with Crippen LogP contribution in [0.4, 0.5) is 0 Å². The fraction of sp³-hybridized carbons (Fsp3) is 0.385. The zero-order valence-electron chi connectivity index (χ0n) is 11.0. The van der Waals surface area contributed by atoms with Crippen LogP contribution >= 0.6 is 11.6 Å². The average Bonchev–Trinajstić information content (AvgIpc) is 2.43. The predicted octanol–water partition coefficient (Wildman–Crippen LogP) is 2.37. The molecule has 0 radical (unpaired) electrons. The van der Waals surface area contributed by atoms with Gasteiger partial charge in [0.15, 0.2) is 5.84 Å². The number of amidine groups is 1. The Bertz CT molecular complexity index is 485. The van der Waals surface area contributed by atoms with Crippen molar-refractivity contribution in [2.45, 2.75) is 32.2 Å². The van der Waals surface area contributed by atoms with Gasteiger partial charge in [-0.3, -0.25) is 4.79 Å². The molecular formula is C13H18ClN3O2. The van der Waals surface area contributed by atoms with Crippen LogP contribution in [0.3, 0.4) is 0 Å². The second-order valence-corrected chi connectivity index (χ2v) is 4.68. The van der Waals surface area contributed by atoms with Crippen molar-refractivity contribution < 1.29 is 10.0 Å². The van der Waals surface area contributed by atoms with Gasteiger partial charge in [-0.25, -0.2) is 0 Å². The zero-order chi connectivity index (χ0) is 14.5. The molecule has 5 nitrogen and oxygen atoms in total. The molecule has 0 heterocycles. The molecule has 0 saturated heterocycles. The maximum atomic E-state index is 12.2. The summed E-state index contributed by atoms with van der Waals surface area (Å²) in [6.45, 7) is 3.72. The molecule has 0 saturated carbocycles. The van der Waals surface area contributed by atoms with Gasteiger partial charge in [0.1, 0.15) is 5.54 Å². The van der Waals surface area contributed by atoms with Crippen LogP contribution in [0.25, 0.3) is 0 Å². The Kier molecular flexibility index (Phi) is 5.18. The molecule has 4 N–H and O–H groups in total. The number of rotatable bonds is 5. The first-order valence-electron chi connectivity index (χ1n) is 6.05. The lowest BCUT2D eigenvalue weighted by molar-refractivity contribution is 0.0918. The molecule has 0 spiro atoms. The maximum absolute atomic E-state index is 12.2. The number of benzene rings is 1. The summed E-state index contributed by atoms with van der Waals surface area (Å²) in [4.78, 5) is 12.2. The maximum Gasteiger partial charge on any atom is 0.252 e. The number of nitrogens with two attached hydrogens (primary N) is 1. The Balaban J connectivity index is 3.01. The van der Waals surface area contributed by atoms with Crippen molar-refractivity contribution in [1.29, 1.82) is 0 Å². The Morgan fingerprint density at radius 2 is 2.11 bits per heavy atom. The van der Waals surface area contributed by atoms with E-state index >= 15 is 0 Å².